The highest BCUT2D eigenvalue weighted by atomic mass is 35.5. The van der Waals surface area contributed by atoms with Crippen LogP contribution in [-0.2, 0) is 0 Å². The maximum absolute atomic E-state index is 13.4. The largest absolute Gasteiger partial charge is 0.370 e. The van der Waals surface area contributed by atoms with E-state index in [9.17, 15) is 8.78 Å². The molecule has 1 aromatic heterocycles. The minimum absolute atomic E-state index is 0. The molecule has 1 aromatic carbocycles. The lowest BCUT2D eigenvalue weighted by Gasteiger charge is -1.98. The Morgan fingerprint density at radius 1 is 1.28 bits per heavy atom. The molecule has 8 heteroatoms. The number of nitrogens with zero attached hydrogens (tertiary/aromatic N) is 2. The van der Waals surface area contributed by atoms with Crippen LogP contribution >= 0.6 is 23.7 Å². The van der Waals surface area contributed by atoms with Crippen molar-refractivity contribution in [1.29, 1.82) is 0 Å². The molecule has 0 bridgehead atoms. The van der Waals surface area contributed by atoms with Crippen LogP contribution in [0.4, 0.5) is 13.9 Å². The molecule has 0 amide bonds. The summed E-state index contributed by atoms with van der Waals surface area (Å²) < 4.78 is 26.2. The molecule has 0 spiro atoms. The highest BCUT2D eigenvalue weighted by Gasteiger charge is 2.10. The number of benzene rings is 1. The number of thiazole rings is 1. The molecule has 0 saturated heterocycles. The van der Waals surface area contributed by atoms with Crippen LogP contribution in [0.1, 0.15) is 0 Å². The molecular formula is C10H9ClF2N4S. The zero-order valence-electron chi connectivity index (χ0n) is 8.93. The molecule has 0 aliphatic heterocycles. The minimum Gasteiger partial charge on any atom is -0.370 e. The Morgan fingerprint density at radius 3 is 2.61 bits per heavy atom. The lowest BCUT2D eigenvalue weighted by molar-refractivity contribution is 0.585. The fourth-order valence-electron chi connectivity index (χ4n) is 1.25. The van der Waals surface area contributed by atoms with Crippen molar-refractivity contribution in [3.63, 3.8) is 0 Å². The summed E-state index contributed by atoms with van der Waals surface area (Å²) in [7, 11) is 0. The molecule has 0 radical (unpaired) electrons. The van der Waals surface area contributed by atoms with Gasteiger partial charge in [0.2, 0.25) is 5.13 Å². The summed E-state index contributed by atoms with van der Waals surface area (Å²) >= 11 is 1.17. The number of aliphatic imine (C=N–C) groups is 1. The van der Waals surface area contributed by atoms with Gasteiger partial charge in [-0.3, -0.25) is 0 Å². The van der Waals surface area contributed by atoms with E-state index >= 15 is 0 Å². The molecule has 4 nitrogen and oxygen atoms in total. The Balaban J connectivity index is 0.00000162. The van der Waals surface area contributed by atoms with Gasteiger partial charge in [-0.25, -0.2) is 13.8 Å². The third kappa shape index (κ3) is 3.14. The molecule has 0 unspecified atom stereocenters. The zero-order valence-corrected chi connectivity index (χ0v) is 10.6. The molecule has 2 rings (SSSR count). The van der Waals surface area contributed by atoms with Gasteiger partial charge >= 0.3 is 0 Å². The van der Waals surface area contributed by atoms with Crippen LogP contribution in [0.5, 0.6) is 0 Å². The van der Waals surface area contributed by atoms with Gasteiger partial charge in [-0.2, -0.15) is 4.99 Å². The maximum Gasteiger partial charge on any atom is 0.212 e. The Bertz CT molecular complexity index is 581. The van der Waals surface area contributed by atoms with Gasteiger partial charge in [-0.05, 0) is 12.1 Å². The summed E-state index contributed by atoms with van der Waals surface area (Å²) in [5, 5.41) is 1.92. The second-order valence-electron chi connectivity index (χ2n) is 3.18. The summed E-state index contributed by atoms with van der Waals surface area (Å²) in [5.74, 6) is -1.43. The summed E-state index contributed by atoms with van der Waals surface area (Å²) in [5.41, 5.74) is 11.0. The van der Waals surface area contributed by atoms with E-state index in [0.29, 0.717) is 10.8 Å². The predicted molar refractivity (Wildman–Crippen MR) is 70.2 cm³/mol. The summed E-state index contributed by atoms with van der Waals surface area (Å²) in [4.78, 5) is 7.76. The summed E-state index contributed by atoms with van der Waals surface area (Å²) in [6.07, 6.45) is 0. The third-order valence-corrected chi connectivity index (χ3v) is 2.66. The Morgan fingerprint density at radius 2 is 2.00 bits per heavy atom. The molecule has 96 valence electrons. The molecule has 1 heterocycles. The standard InChI is InChI=1S/C10H8F2N4S.ClH/c11-5-1-2-6(7(12)3-5)8-4-17-10(15-8)16-9(13)14;/h1-4H,(H4,13,14,15,16);1H. The average molecular weight is 291 g/mol. The Hall–Kier alpha value is -1.73. The van der Waals surface area contributed by atoms with E-state index in [2.05, 4.69) is 9.98 Å². The van der Waals surface area contributed by atoms with Crippen LogP contribution in [0.15, 0.2) is 28.6 Å². The molecule has 0 aliphatic rings. The number of aromatic nitrogens is 1. The summed E-state index contributed by atoms with van der Waals surface area (Å²) in [6.45, 7) is 0. The van der Waals surface area contributed by atoms with Gasteiger partial charge in [0, 0.05) is 17.0 Å². The molecule has 18 heavy (non-hydrogen) atoms. The van der Waals surface area contributed by atoms with E-state index in [0.717, 1.165) is 12.1 Å². The monoisotopic (exact) mass is 290 g/mol. The quantitative estimate of drug-likeness (QED) is 0.658. The molecule has 4 N–H and O–H groups in total. The third-order valence-electron chi connectivity index (χ3n) is 1.92. The topological polar surface area (TPSA) is 77.3 Å². The van der Waals surface area contributed by atoms with E-state index in [1.807, 2.05) is 0 Å². The SMILES string of the molecule is Cl.NC(N)=Nc1nc(-c2ccc(F)cc2F)cs1. The minimum atomic E-state index is -0.674. The van der Waals surface area contributed by atoms with Gasteiger partial charge in [0.25, 0.3) is 0 Å². The summed E-state index contributed by atoms with van der Waals surface area (Å²) in [6, 6.07) is 3.28. The van der Waals surface area contributed by atoms with Crippen LogP contribution in [0.3, 0.4) is 0 Å². The van der Waals surface area contributed by atoms with Crippen LogP contribution in [0.25, 0.3) is 11.3 Å². The first-order valence-corrected chi connectivity index (χ1v) is 5.45. The fraction of sp³-hybridized carbons (Fsp3) is 0. The van der Waals surface area contributed by atoms with E-state index in [1.54, 1.807) is 5.38 Å². The fourth-order valence-corrected chi connectivity index (χ4v) is 1.95. The van der Waals surface area contributed by atoms with Crippen LogP contribution in [-0.4, -0.2) is 10.9 Å². The maximum atomic E-state index is 13.4. The number of guanidine groups is 1. The van der Waals surface area contributed by atoms with Crippen molar-refractivity contribution in [1.82, 2.24) is 4.98 Å². The molecule has 2 aromatic rings. The first-order valence-electron chi connectivity index (χ1n) is 4.57. The highest BCUT2D eigenvalue weighted by molar-refractivity contribution is 7.13. The number of nitrogens with two attached hydrogens (primary N) is 2. The first-order chi connectivity index (χ1) is 8.06. The number of hydrogen-bond donors (Lipinski definition) is 2. The van der Waals surface area contributed by atoms with Crippen LogP contribution in [0, 0.1) is 11.6 Å². The lowest BCUT2D eigenvalue weighted by atomic mass is 10.1. The lowest BCUT2D eigenvalue weighted by Crippen LogP contribution is -2.21. The van der Waals surface area contributed by atoms with Gasteiger partial charge in [-0.1, -0.05) is 0 Å². The van der Waals surface area contributed by atoms with Crippen molar-refractivity contribution < 1.29 is 8.78 Å². The molecule has 0 saturated carbocycles. The van der Waals surface area contributed by atoms with Crippen LogP contribution < -0.4 is 11.5 Å². The first kappa shape index (κ1) is 14.3. The van der Waals surface area contributed by atoms with Crippen molar-refractivity contribution in [2.45, 2.75) is 0 Å². The van der Waals surface area contributed by atoms with Crippen molar-refractivity contribution >= 4 is 34.8 Å². The van der Waals surface area contributed by atoms with Gasteiger partial charge in [-0.15, -0.1) is 23.7 Å². The van der Waals surface area contributed by atoms with E-state index in [4.69, 9.17) is 11.5 Å². The number of hydrogen-bond acceptors (Lipinski definition) is 3. The molecule has 0 fully saturated rings. The second-order valence-corrected chi connectivity index (χ2v) is 4.01. The zero-order chi connectivity index (χ0) is 12.4. The van der Waals surface area contributed by atoms with Gasteiger partial charge < -0.3 is 11.5 Å². The normalized spacial score (nSPS) is 9.67. The van der Waals surface area contributed by atoms with Crippen LogP contribution in [0.2, 0.25) is 0 Å². The van der Waals surface area contributed by atoms with E-state index < -0.39 is 11.6 Å². The van der Waals surface area contributed by atoms with Crippen molar-refractivity contribution in [3.8, 4) is 11.3 Å². The molecular weight excluding hydrogens is 282 g/mol. The molecule has 0 aliphatic carbocycles. The van der Waals surface area contributed by atoms with Gasteiger partial charge in [0.1, 0.15) is 11.6 Å². The van der Waals surface area contributed by atoms with Crippen molar-refractivity contribution in [2.75, 3.05) is 0 Å². The Labute approximate surface area is 112 Å². The van der Waals surface area contributed by atoms with Crippen molar-refractivity contribution in [3.05, 3.63) is 35.2 Å². The average Bonchev–Trinajstić information content (AvgIpc) is 2.65. The van der Waals surface area contributed by atoms with Gasteiger partial charge in [0.15, 0.2) is 5.96 Å². The van der Waals surface area contributed by atoms with Gasteiger partial charge in [0.05, 0.1) is 5.69 Å². The number of rotatable bonds is 2. The predicted octanol–water partition coefficient (Wildman–Crippen LogP) is 2.42. The number of halogens is 3. The highest BCUT2D eigenvalue weighted by Crippen LogP contribution is 2.28. The van der Waals surface area contributed by atoms with Crippen molar-refractivity contribution in [2.24, 2.45) is 16.5 Å². The smallest absolute Gasteiger partial charge is 0.212 e. The van der Waals surface area contributed by atoms with E-state index in [-0.39, 0.29) is 23.9 Å². The van der Waals surface area contributed by atoms with E-state index in [1.165, 1.54) is 17.4 Å². The second kappa shape index (κ2) is 5.74. The Kier molecular flexibility index (Phi) is 4.57. The molecule has 0 atom stereocenters.